The predicted molar refractivity (Wildman–Crippen MR) is 77.3 cm³/mol. The van der Waals surface area contributed by atoms with Gasteiger partial charge in [0.15, 0.2) is 0 Å². The normalized spacial score (nSPS) is 22.1. The molecule has 1 aliphatic rings. The molecule has 19 heavy (non-hydrogen) atoms. The van der Waals surface area contributed by atoms with Gasteiger partial charge in [0.2, 0.25) is 5.91 Å². The summed E-state index contributed by atoms with van der Waals surface area (Å²) in [5.74, 6) is 0.123. The largest absolute Gasteiger partial charge is 0.396 e. The number of aliphatic hydroxyl groups excluding tert-OH is 1. The summed E-state index contributed by atoms with van der Waals surface area (Å²) in [6.07, 6.45) is 1.33. The number of amides is 1. The quantitative estimate of drug-likeness (QED) is 0.908. The highest BCUT2D eigenvalue weighted by molar-refractivity contribution is 5.99. The molecule has 1 amide bonds. The Bertz CT molecular complexity index is 494. The van der Waals surface area contributed by atoms with E-state index in [-0.39, 0.29) is 24.0 Å². The molecule has 0 saturated carbocycles. The fourth-order valence-corrected chi connectivity index (χ4v) is 3.08. The van der Waals surface area contributed by atoms with E-state index in [0.717, 1.165) is 17.7 Å². The van der Waals surface area contributed by atoms with Crippen molar-refractivity contribution in [3.05, 3.63) is 29.3 Å². The van der Waals surface area contributed by atoms with Crippen LogP contribution in [0.4, 0.5) is 5.69 Å². The van der Waals surface area contributed by atoms with Gasteiger partial charge >= 0.3 is 0 Å². The summed E-state index contributed by atoms with van der Waals surface area (Å²) in [6.45, 7) is 8.30. The molecular formula is C16H23NO2. The van der Waals surface area contributed by atoms with E-state index >= 15 is 0 Å². The molecule has 0 aromatic heterocycles. The summed E-state index contributed by atoms with van der Waals surface area (Å²) < 4.78 is 0. The number of aliphatic hydroxyl groups is 1. The Balaban J connectivity index is 2.55. The second-order valence-corrected chi connectivity index (χ2v) is 5.90. The predicted octanol–water partition coefficient (Wildman–Crippen LogP) is 2.68. The van der Waals surface area contributed by atoms with Gasteiger partial charge in [-0.15, -0.1) is 0 Å². The van der Waals surface area contributed by atoms with E-state index in [1.54, 1.807) is 0 Å². The van der Waals surface area contributed by atoms with Crippen LogP contribution in [0.15, 0.2) is 18.2 Å². The molecule has 1 N–H and O–H groups in total. The minimum Gasteiger partial charge on any atom is -0.396 e. The fourth-order valence-electron chi connectivity index (χ4n) is 3.08. The number of hydrogen-bond acceptors (Lipinski definition) is 2. The topological polar surface area (TPSA) is 40.5 Å². The zero-order valence-corrected chi connectivity index (χ0v) is 12.2. The fraction of sp³-hybridized carbons (Fsp3) is 0.562. The molecule has 0 radical (unpaired) electrons. The number of anilines is 1. The molecule has 2 rings (SSSR count). The zero-order chi connectivity index (χ0) is 14.2. The average Bonchev–Trinajstić information content (AvgIpc) is 2.59. The number of aryl methyl sites for hydroxylation is 2. The maximum absolute atomic E-state index is 12.4. The van der Waals surface area contributed by atoms with Gasteiger partial charge in [0.25, 0.3) is 0 Å². The van der Waals surface area contributed by atoms with Crippen LogP contribution in [0, 0.1) is 12.8 Å². The van der Waals surface area contributed by atoms with Crippen LogP contribution >= 0.6 is 0 Å². The Morgan fingerprint density at radius 3 is 2.63 bits per heavy atom. The Morgan fingerprint density at radius 1 is 1.42 bits per heavy atom. The first-order valence-electron chi connectivity index (χ1n) is 6.95. The standard InChI is InChI=1S/C16H23NO2/c1-5-12-8-6-7-11(2)15(12)17-14(19)9-13(10-18)16(17,3)4/h6-8,13,18H,5,9-10H2,1-4H3. The highest BCUT2D eigenvalue weighted by Crippen LogP contribution is 2.41. The van der Waals surface area contributed by atoms with E-state index in [1.165, 1.54) is 5.56 Å². The van der Waals surface area contributed by atoms with Crippen LogP contribution < -0.4 is 4.90 Å². The zero-order valence-electron chi connectivity index (χ0n) is 12.2. The van der Waals surface area contributed by atoms with Crippen molar-refractivity contribution in [1.29, 1.82) is 0 Å². The van der Waals surface area contributed by atoms with E-state index in [2.05, 4.69) is 13.0 Å². The summed E-state index contributed by atoms with van der Waals surface area (Å²) in [5, 5.41) is 9.50. The van der Waals surface area contributed by atoms with Crippen LogP contribution in [0.3, 0.4) is 0 Å². The van der Waals surface area contributed by atoms with Crippen molar-refractivity contribution >= 4 is 11.6 Å². The molecule has 1 aromatic carbocycles. The maximum atomic E-state index is 12.4. The second-order valence-electron chi connectivity index (χ2n) is 5.90. The highest BCUT2D eigenvalue weighted by atomic mass is 16.3. The second kappa shape index (κ2) is 4.97. The molecule has 1 aromatic rings. The van der Waals surface area contributed by atoms with Crippen LogP contribution in [-0.4, -0.2) is 23.2 Å². The summed E-state index contributed by atoms with van der Waals surface area (Å²) in [7, 11) is 0. The lowest BCUT2D eigenvalue weighted by Crippen LogP contribution is -2.46. The molecule has 1 unspecified atom stereocenters. The van der Waals surface area contributed by atoms with Gasteiger partial charge in [-0.3, -0.25) is 4.79 Å². The third-order valence-corrected chi connectivity index (χ3v) is 4.39. The number of hydrogen-bond donors (Lipinski definition) is 1. The minimum atomic E-state index is -0.331. The summed E-state index contributed by atoms with van der Waals surface area (Å²) in [4.78, 5) is 14.3. The summed E-state index contributed by atoms with van der Waals surface area (Å²) in [5.41, 5.74) is 3.03. The summed E-state index contributed by atoms with van der Waals surface area (Å²) >= 11 is 0. The van der Waals surface area contributed by atoms with Gasteiger partial charge in [0.1, 0.15) is 0 Å². The molecule has 3 nitrogen and oxygen atoms in total. The first-order chi connectivity index (χ1) is 8.93. The van der Waals surface area contributed by atoms with E-state index in [0.29, 0.717) is 6.42 Å². The van der Waals surface area contributed by atoms with Crippen LogP contribution in [0.25, 0.3) is 0 Å². The Hall–Kier alpha value is -1.35. The van der Waals surface area contributed by atoms with E-state index in [4.69, 9.17) is 0 Å². The third-order valence-electron chi connectivity index (χ3n) is 4.39. The monoisotopic (exact) mass is 261 g/mol. The Morgan fingerprint density at radius 2 is 2.11 bits per heavy atom. The molecule has 104 valence electrons. The van der Waals surface area contributed by atoms with Gasteiger partial charge < -0.3 is 10.0 Å². The molecule has 0 bridgehead atoms. The molecule has 0 spiro atoms. The first kappa shape index (κ1) is 14.1. The SMILES string of the molecule is CCc1cccc(C)c1N1C(=O)CC(CO)C1(C)C. The molecular weight excluding hydrogens is 238 g/mol. The van der Waals surface area contributed by atoms with Gasteiger partial charge in [-0.05, 0) is 38.3 Å². The van der Waals surface area contributed by atoms with Gasteiger partial charge in [-0.1, -0.05) is 25.1 Å². The lowest BCUT2D eigenvalue weighted by Gasteiger charge is -2.37. The number of carbonyl (C=O) groups is 1. The van der Waals surface area contributed by atoms with Crippen molar-refractivity contribution in [2.45, 2.75) is 46.1 Å². The van der Waals surface area contributed by atoms with E-state index in [1.807, 2.05) is 37.8 Å². The van der Waals surface area contributed by atoms with Gasteiger partial charge in [-0.25, -0.2) is 0 Å². The van der Waals surface area contributed by atoms with Gasteiger partial charge in [0.05, 0.1) is 5.69 Å². The Kier molecular flexibility index (Phi) is 3.68. The number of benzene rings is 1. The van der Waals surface area contributed by atoms with Crippen molar-refractivity contribution in [2.75, 3.05) is 11.5 Å². The molecule has 1 atom stereocenters. The maximum Gasteiger partial charge on any atom is 0.227 e. The Labute approximate surface area is 115 Å². The summed E-state index contributed by atoms with van der Waals surface area (Å²) in [6, 6.07) is 6.16. The minimum absolute atomic E-state index is 0.00399. The molecule has 1 aliphatic heterocycles. The van der Waals surface area contributed by atoms with Crippen LogP contribution in [0.2, 0.25) is 0 Å². The van der Waals surface area contributed by atoms with Crippen LogP contribution in [0.5, 0.6) is 0 Å². The molecule has 1 heterocycles. The van der Waals surface area contributed by atoms with Crippen LogP contribution in [-0.2, 0) is 11.2 Å². The molecule has 1 fully saturated rings. The van der Waals surface area contributed by atoms with Crippen molar-refractivity contribution in [2.24, 2.45) is 5.92 Å². The highest BCUT2D eigenvalue weighted by Gasteiger charge is 2.47. The number of nitrogens with zero attached hydrogens (tertiary/aromatic N) is 1. The lowest BCUT2D eigenvalue weighted by atomic mass is 9.88. The molecule has 3 heteroatoms. The average molecular weight is 261 g/mol. The molecule has 0 aliphatic carbocycles. The number of carbonyl (C=O) groups excluding carboxylic acids is 1. The number of rotatable bonds is 3. The van der Waals surface area contributed by atoms with E-state index in [9.17, 15) is 9.90 Å². The van der Waals surface area contributed by atoms with Crippen molar-refractivity contribution in [1.82, 2.24) is 0 Å². The smallest absolute Gasteiger partial charge is 0.227 e. The van der Waals surface area contributed by atoms with Crippen molar-refractivity contribution < 1.29 is 9.90 Å². The van der Waals surface area contributed by atoms with Crippen molar-refractivity contribution in [3.8, 4) is 0 Å². The van der Waals surface area contributed by atoms with Crippen LogP contribution in [0.1, 0.15) is 38.3 Å². The lowest BCUT2D eigenvalue weighted by molar-refractivity contribution is -0.117. The van der Waals surface area contributed by atoms with Crippen molar-refractivity contribution in [3.63, 3.8) is 0 Å². The third kappa shape index (κ3) is 2.16. The first-order valence-corrected chi connectivity index (χ1v) is 6.95. The van der Waals surface area contributed by atoms with Gasteiger partial charge in [0, 0.05) is 24.5 Å². The molecule has 1 saturated heterocycles. The number of para-hydroxylation sites is 1. The van der Waals surface area contributed by atoms with Gasteiger partial charge in [-0.2, -0.15) is 0 Å². The van der Waals surface area contributed by atoms with E-state index < -0.39 is 0 Å².